The molecule has 0 bridgehead atoms. The Balaban J connectivity index is 1.56. The van der Waals surface area contributed by atoms with Crippen LogP contribution in [0.4, 0.5) is 0 Å². The Bertz CT molecular complexity index is 663. The number of nitrogens with one attached hydrogen (secondary N) is 1. The summed E-state index contributed by atoms with van der Waals surface area (Å²) in [6, 6.07) is 5.88. The van der Waals surface area contributed by atoms with E-state index in [0.717, 1.165) is 11.4 Å². The van der Waals surface area contributed by atoms with Crippen LogP contribution in [0.3, 0.4) is 0 Å². The summed E-state index contributed by atoms with van der Waals surface area (Å²) in [5, 5.41) is 11.6. The average molecular weight is 305 g/mol. The minimum atomic E-state index is -0.116. The number of rotatable bonds is 5. The second kappa shape index (κ2) is 5.85. The van der Waals surface area contributed by atoms with Crippen LogP contribution >= 0.6 is 11.6 Å². The standard InChI is InChI=1S/C15H17ClN4O/c1-10-2-3-11(8-13(10)16)15(21)17-7-6-14-19-18-9-20(14)12-4-5-12/h2-3,8-9,12H,4-7H2,1H3,(H,17,21). The zero-order valence-electron chi connectivity index (χ0n) is 11.8. The van der Waals surface area contributed by atoms with Gasteiger partial charge in [-0.15, -0.1) is 10.2 Å². The van der Waals surface area contributed by atoms with Gasteiger partial charge in [0.25, 0.3) is 5.91 Å². The van der Waals surface area contributed by atoms with Gasteiger partial charge >= 0.3 is 0 Å². The summed E-state index contributed by atoms with van der Waals surface area (Å²) < 4.78 is 2.11. The number of hydrogen-bond donors (Lipinski definition) is 1. The highest BCUT2D eigenvalue weighted by molar-refractivity contribution is 6.31. The predicted molar refractivity (Wildman–Crippen MR) is 80.5 cm³/mol. The molecule has 1 heterocycles. The van der Waals surface area contributed by atoms with Crippen LogP contribution in [0.5, 0.6) is 0 Å². The third-order valence-electron chi connectivity index (χ3n) is 3.66. The Morgan fingerprint density at radius 3 is 3.00 bits per heavy atom. The number of aryl methyl sites for hydroxylation is 1. The molecule has 1 fully saturated rings. The lowest BCUT2D eigenvalue weighted by atomic mass is 10.1. The first-order valence-electron chi connectivity index (χ1n) is 7.08. The smallest absolute Gasteiger partial charge is 0.251 e. The van der Waals surface area contributed by atoms with Crippen molar-refractivity contribution in [3.05, 3.63) is 46.5 Å². The first-order chi connectivity index (χ1) is 10.1. The Morgan fingerprint density at radius 1 is 1.48 bits per heavy atom. The van der Waals surface area contributed by atoms with Gasteiger partial charge in [-0.25, -0.2) is 0 Å². The minimum absolute atomic E-state index is 0.116. The van der Waals surface area contributed by atoms with Crippen molar-refractivity contribution in [2.45, 2.75) is 32.2 Å². The number of carbonyl (C=O) groups is 1. The maximum absolute atomic E-state index is 12.1. The third kappa shape index (κ3) is 3.24. The van der Waals surface area contributed by atoms with Gasteiger partial charge in [-0.1, -0.05) is 17.7 Å². The van der Waals surface area contributed by atoms with Crippen LogP contribution in [-0.4, -0.2) is 27.2 Å². The third-order valence-corrected chi connectivity index (χ3v) is 4.06. The summed E-state index contributed by atoms with van der Waals surface area (Å²) in [6.45, 7) is 2.45. The van der Waals surface area contributed by atoms with E-state index < -0.39 is 0 Å². The second-order valence-corrected chi connectivity index (χ2v) is 5.76. The first kappa shape index (κ1) is 14.1. The van der Waals surface area contributed by atoms with Crippen molar-refractivity contribution in [3.63, 3.8) is 0 Å². The molecule has 0 unspecified atom stereocenters. The normalized spacial score (nSPS) is 14.2. The van der Waals surface area contributed by atoms with Crippen LogP contribution in [0.25, 0.3) is 0 Å². The molecule has 2 aromatic rings. The highest BCUT2D eigenvalue weighted by Gasteiger charge is 2.25. The summed E-state index contributed by atoms with van der Waals surface area (Å²) in [6.07, 6.45) is 4.84. The molecule has 0 radical (unpaired) electrons. The van der Waals surface area contributed by atoms with Gasteiger partial charge in [0.15, 0.2) is 0 Å². The van der Waals surface area contributed by atoms with Crippen molar-refractivity contribution in [3.8, 4) is 0 Å². The van der Waals surface area contributed by atoms with Crippen molar-refractivity contribution in [1.29, 1.82) is 0 Å². The number of carbonyl (C=O) groups excluding carboxylic acids is 1. The Hall–Kier alpha value is -1.88. The lowest BCUT2D eigenvalue weighted by Crippen LogP contribution is -2.26. The summed E-state index contributed by atoms with van der Waals surface area (Å²) in [7, 11) is 0. The molecule has 0 atom stereocenters. The largest absolute Gasteiger partial charge is 0.352 e. The fourth-order valence-electron chi connectivity index (χ4n) is 2.23. The van der Waals surface area contributed by atoms with Gasteiger partial charge in [-0.05, 0) is 37.5 Å². The van der Waals surface area contributed by atoms with Gasteiger partial charge in [-0.2, -0.15) is 0 Å². The van der Waals surface area contributed by atoms with Crippen LogP contribution in [0.1, 0.15) is 40.6 Å². The summed E-state index contributed by atoms with van der Waals surface area (Å²) >= 11 is 6.03. The van der Waals surface area contributed by atoms with Crippen molar-refractivity contribution < 1.29 is 4.79 Å². The van der Waals surface area contributed by atoms with Gasteiger partial charge in [0.1, 0.15) is 12.2 Å². The van der Waals surface area contributed by atoms with Crippen LogP contribution in [0.15, 0.2) is 24.5 Å². The molecule has 3 rings (SSSR count). The number of nitrogens with zero attached hydrogens (tertiary/aromatic N) is 3. The summed E-state index contributed by atoms with van der Waals surface area (Å²) in [5.41, 5.74) is 1.54. The van der Waals surface area contributed by atoms with Gasteiger partial charge < -0.3 is 9.88 Å². The molecule has 0 saturated heterocycles. The molecule has 1 N–H and O–H groups in total. The Kier molecular flexibility index (Phi) is 3.92. The molecule has 6 heteroatoms. The molecule has 1 amide bonds. The van der Waals surface area contributed by atoms with E-state index in [0.29, 0.717) is 29.6 Å². The second-order valence-electron chi connectivity index (χ2n) is 5.36. The monoisotopic (exact) mass is 304 g/mol. The quantitative estimate of drug-likeness (QED) is 0.923. The highest BCUT2D eigenvalue weighted by atomic mass is 35.5. The molecule has 1 aliphatic carbocycles. The molecule has 1 aromatic heterocycles. The first-order valence-corrected chi connectivity index (χ1v) is 7.45. The van der Waals surface area contributed by atoms with Crippen LogP contribution in [-0.2, 0) is 6.42 Å². The summed E-state index contributed by atoms with van der Waals surface area (Å²) in [4.78, 5) is 12.1. The highest BCUT2D eigenvalue weighted by Crippen LogP contribution is 2.35. The van der Waals surface area contributed by atoms with Crippen LogP contribution in [0.2, 0.25) is 5.02 Å². The van der Waals surface area contributed by atoms with E-state index in [4.69, 9.17) is 11.6 Å². The van der Waals surface area contributed by atoms with Gasteiger partial charge in [-0.3, -0.25) is 4.79 Å². The van der Waals surface area contributed by atoms with Crippen LogP contribution < -0.4 is 5.32 Å². The van der Waals surface area contributed by atoms with Crippen molar-refractivity contribution in [1.82, 2.24) is 20.1 Å². The Morgan fingerprint density at radius 2 is 2.29 bits per heavy atom. The van der Waals surface area contributed by atoms with E-state index in [1.54, 1.807) is 18.5 Å². The molecular formula is C15H17ClN4O. The van der Waals surface area contributed by atoms with E-state index in [-0.39, 0.29) is 5.91 Å². The maximum Gasteiger partial charge on any atom is 0.251 e. The fourth-order valence-corrected chi connectivity index (χ4v) is 2.41. The average Bonchev–Trinajstić information content (AvgIpc) is 3.21. The fraction of sp³-hybridized carbons (Fsp3) is 0.400. The van der Waals surface area contributed by atoms with Gasteiger partial charge in [0.05, 0.1) is 0 Å². The van der Waals surface area contributed by atoms with E-state index >= 15 is 0 Å². The molecule has 1 aromatic carbocycles. The van der Waals surface area contributed by atoms with Crippen molar-refractivity contribution in [2.24, 2.45) is 0 Å². The topological polar surface area (TPSA) is 59.8 Å². The molecule has 1 aliphatic rings. The van der Waals surface area contributed by atoms with E-state index in [1.807, 2.05) is 13.0 Å². The van der Waals surface area contributed by atoms with Gasteiger partial charge in [0.2, 0.25) is 0 Å². The molecule has 5 nitrogen and oxygen atoms in total. The van der Waals surface area contributed by atoms with Crippen molar-refractivity contribution >= 4 is 17.5 Å². The number of hydrogen-bond acceptors (Lipinski definition) is 3. The number of amides is 1. The lowest BCUT2D eigenvalue weighted by molar-refractivity contribution is 0.0954. The zero-order valence-corrected chi connectivity index (χ0v) is 12.6. The molecule has 21 heavy (non-hydrogen) atoms. The maximum atomic E-state index is 12.1. The number of benzene rings is 1. The SMILES string of the molecule is Cc1ccc(C(=O)NCCc2nncn2C2CC2)cc1Cl. The summed E-state index contributed by atoms with van der Waals surface area (Å²) in [5.74, 6) is 0.814. The molecule has 0 aliphatic heterocycles. The lowest BCUT2D eigenvalue weighted by Gasteiger charge is -2.07. The minimum Gasteiger partial charge on any atom is -0.352 e. The van der Waals surface area contributed by atoms with Crippen molar-refractivity contribution in [2.75, 3.05) is 6.54 Å². The molecule has 0 spiro atoms. The van der Waals surface area contributed by atoms with E-state index in [1.165, 1.54) is 12.8 Å². The van der Waals surface area contributed by atoms with Crippen LogP contribution in [0, 0.1) is 6.92 Å². The molecular weight excluding hydrogens is 288 g/mol. The van der Waals surface area contributed by atoms with E-state index in [9.17, 15) is 4.79 Å². The predicted octanol–water partition coefficient (Wildman–Crippen LogP) is 2.55. The van der Waals surface area contributed by atoms with E-state index in [2.05, 4.69) is 20.1 Å². The van der Waals surface area contributed by atoms with Gasteiger partial charge in [0, 0.05) is 29.6 Å². The molecule has 1 saturated carbocycles. The Labute approximate surface area is 128 Å². The number of halogens is 1. The number of aromatic nitrogens is 3. The molecule has 110 valence electrons. The zero-order chi connectivity index (χ0) is 14.8.